The fourth-order valence-corrected chi connectivity index (χ4v) is 0.444. The molecule has 0 amide bonds. The summed E-state index contributed by atoms with van der Waals surface area (Å²) in [6.45, 7) is 0.0217. The van der Waals surface area contributed by atoms with Crippen molar-refractivity contribution in [1.29, 1.82) is 0 Å². The average Bonchev–Trinajstić information content (AvgIpc) is 1.90. The molecule has 8 heavy (non-hydrogen) atoms. The highest BCUT2D eigenvalue weighted by Crippen LogP contribution is 1.90. The van der Waals surface area contributed by atoms with Crippen LogP contribution in [0.2, 0.25) is 0 Å². The molecule has 0 bridgehead atoms. The van der Waals surface area contributed by atoms with E-state index in [2.05, 4.69) is 11.1 Å². The van der Waals surface area contributed by atoms with Gasteiger partial charge in [-0.2, -0.15) is 0 Å². The van der Waals surface area contributed by atoms with Crippen molar-refractivity contribution in [3.05, 3.63) is 30.1 Å². The summed E-state index contributed by atoms with van der Waals surface area (Å²) in [6.07, 6.45) is 3.21. The zero-order valence-corrected chi connectivity index (χ0v) is 4.33. The Morgan fingerprint density at radius 1 is 1.75 bits per heavy atom. The Hall–Kier alpha value is -0.890. The standard InChI is InChI=1S/C6H6NO/c8-5-6-2-1-3-7-4-6/h1,3-4,8H,5H2. The van der Waals surface area contributed by atoms with E-state index in [1.54, 1.807) is 18.5 Å². The molecule has 1 aromatic heterocycles. The minimum atomic E-state index is 0.0217. The normalized spacial score (nSPS) is 9.12. The van der Waals surface area contributed by atoms with Crippen LogP contribution in [0.1, 0.15) is 5.56 Å². The van der Waals surface area contributed by atoms with Gasteiger partial charge in [0.15, 0.2) is 0 Å². The number of aliphatic hydroxyl groups excluding tert-OH is 1. The molecule has 0 aromatic carbocycles. The first-order valence-electron chi connectivity index (χ1n) is 2.35. The monoisotopic (exact) mass is 108 g/mol. The number of nitrogens with zero attached hydrogens (tertiary/aromatic N) is 1. The summed E-state index contributed by atoms with van der Waals surface area (Å²) in [5.41, 5.74) is 0.729. The molecule has 0 atom stereocenters. The molecule has 1 heterocycles. The lowest BCUT2D eigenvalue weighted by atomic mass is 10.3. The summed E-state index contributed by atoms with van der Waals surface area (Å²) in [4.78, 5) is 3.76. The van der Waals surface area contributed by atoms with Gasteiger partial charge in [0.2, 0.25) is 0 Å². The van der Waals surface area contributed by atoms with E-state index in [0.29, 0.717) is 0 Å². The van der Waals surface area contributed by atoms with Crippen molar-refractivity contribution < 1.29 is 5.11 Å². The van der Waals surface area contributed by atoms with Crippen LogP contribution in [0, 0.1) is 6.07 Å². The predicted molar refractivity (Wildman–Crippen MR) is 29.0 cm³/mol. The van der Waals surface area contributed by atoms with E-state index in [9.17, 15) is 0 Å². The van der Waals surface area contributed by atoms with Gasteiger partial charge in [0.1, 0.15) is 0 Å². The topological polar surface area (TPSA) is 33.1 Å². The van der Waals surface area contributed by atoms with Crippen LogP contribution >= 0.6 is 0 Å². The molecule has 2 nitrogen and oxygen atoms in total. The summed E-state index contributed by atoms with van der Waals surface area (Å²) >= 11 is 0. The van der Waals surface area contributed by atoms with Gasteiger partial charge in [-0.25, -0.2) is 0 Å². The largest absolute Gasteiger partial charge is 0.392 e. The second-order valence-electron chi connectivity index (χ2n) is 1.42. The van der Waals surface area contributed by atoms with Crippen LogP contribution < -0.4 is 0 Å². The Morgan fingerprint density at radius 3 is 3.00 bits per heavy atom. The molecular formula is C6H6NO. The number of hydrogen-bond donors (Lipinski definition) is 1. The summed E-state index contributed by atoms with van der Waals surface area (Å²) in [5, 5.41) is 8.47. The SMILES string of the molecule is OCc1[c]ccnc1. The maximum absolute atomic E-state index is 8.47. The number of pyridine rings is 1. The van der Waals surface area contributed by atoms with Crippen molar-refractivity contribution in [3.63, 3.8) is 0 Å². The molecule has 0 spiro atoms. The van der Waals surface area contributed by atoms with Gasteiger partial charge >= 0.3 is 0 Å². The minimum absolute atomic E-state index is 0.0217. The molecule has 41 valence electrons. The van der Waals surface area contributed by atoms with E-state index in [0.717, 1.165) is 5.56 Å². The Bertz CT molecular complexity index is 150. The van der Waals surface area contributed by atoms with E-state index in [4.69, 9.17) is 5.11 Å². The van der Waals surface area contributed by atoms with Gasteiger partial charge in [-0.3, -0.25) is 4.98 Å². The van der Waals surface area contributed by atoms with Crippen LogP contribution in [0.4, 0.5) is 0 Å². The molecule has 0 saturated carbocycles. The van der Waals surface area contributed by atoms with Gasteiger partial charge in [-0.15, -0.1) is 0 Å². The molecule has 0 saturated heterocycles. The Morgan fingerprint density at radius 2 is 2.62 bits per heavy atom. The first-order chi connectivity index (χ1) is 3.93. The first kappa shape index (κ1) is 5.25. The average molecular weight is 108 g/mol. The van der Waals surface area contributed by atoms with Crippen LogP contribution in [0.3, 0.4) is 0 Å². The van der Waals surface area contributed by atoms with E-state index < -0.39 is 0 Å². The number of aromatic nitrogens is 1. The van der Waals surface area contributed by atoms with E-state index in [-0.39, 0.29) is 6.61 Å². The summed E-state index contributed by atoms with van der Waals surface area (Å²) in [7, 11) is 0. The molecule has 0 aliphatic heterocycles. The molecule has 2 heteroatoms. The van der Waals surface area contributed by atoms with Gasteiger partial charge < -0.3 is 5.11 Å². The van der Waals surface area contributed by atoms with Gasteiger partial charge in [0.05, 0.1) is 6.61 Å². The molecule has 1 radical (unpaired) electrons. The minimum Gasteiger partial charge on any atom is -0.392 e. The highest BCUT2D eigenvalue weighted by Gasteiger charge is 1.83. The lowest BCUT2D eigenvalue weighted by molar-refractivity contribution is 0.281. The van der Waals surface area contributed by atoms with E-state index in [1.807, 2.05) is 0 Å². The van der Waals surface area contributed by atoms with Gasteiger partial charge in [0.25, 0.3) is 0 Å². The zero-order valence-electron chi connectivity index (χ0n) is 4.33. The van der Waals surface area contributed by atoms with Gasteiger partial charge in [-0.1, -0.05) is 0 Å². The second kappa shape index (κ2) is 2.43. The number of aliphatic hydroxyl groups is 1. The third-order valence-electron chi connectivity index (χ3n) is 0.830. The van der Waals surface area contributed by atoms with Crippen molar-refractivity contribution in [2.75, 3.05) is 0 Å². The third-order valence-corrected chi connectivity index (χ3v) is 0.830. The molecule has 0 aliphatic rings. The number of hydrogen-bond acceptors (Lipinski definition) is 2. The fraction of sp³-hybridized carbons (Fsp3) is 0.167. The molecule has 1 aromatic rings. The van der Waals surface area contributed by atoms with Crippen molar-refractivity contribution in [2.24, 2.45) is 0 Å². The highest BCUT2D eigenvalue weighted by molar-refractivity contribution is 5.03. The first-order valence-corrected chi connectivity index (χ1v) is 2.35. The maximum Gasteiger partial charge on any atom is 0.0702 e. The van der Waals surface area contributed by atoms with Crippen molar-refractivity contribution >= 4 is 0 Å². The smallest absolute Gasteiger partial charge is 0.0702 e. The van der Waals surface area contributed by atoms with E-state index in [1.165, 1.54) is 0 Å². The molecule has 1 N–H and O–H groups in total. The summed E-state index contributed by atoms with van der Waals surface area (Å²) < 4.78 is 0. The Kier molecular flexibility index (Phi) is 1.59. The van der Waals surface area contributed by atoms with Crippen LogP contribution in [-0.2, 0) is 6.61 Å². The Balaban J connectivity index is 2.83. The van der Waals surface area contributed by atoms with Crippen molar-refractivity contribution in [3.8, 4) is 0 Å². The second-order valence-corrected chi connectivity index (χ2v) is 1.42. The molecule has 0 fully saturated rings. The number of rotatable bonds is 1. The molecule has 0 unspecified atom stereocenters. The Labute approximate surface area is 47.8 Å². The van der Waals surface area contributed by atoms with Crippen LogP contribution in [0.15, 0.2) is 18.5 Å². The predicted octanol–water partition coefficient (Wildman–Crippen LogP) is 0.374. The van der Waals surface area contributed by atoms with Crippen LogP contribution in [0.25, 0.3) is 0 Å². The third kappa shape index (κ3) is 1.04. The van der Waals surface area contributed by atoms with Crippen molar-refractivity contribution in [2.45, 2.75) is 6.61 Å². The highest BCUT2D eigenvalue weighted by atomic mass is 16.3. The van der Waals surface area contributed by atoms with Gasteiger partial charge in [-0.05, 0) is 12.1 Å². The van der Waals surface area contributed by atoms with Gasteiger partial charge in [0, 0.05) is 18.0 Å². The lowest BCUT2D eigenvalue weighted by Gasteiger charge is -1.87. The molecule has 0 aliphatic carbocycles. The maximum atomic E-state index is 8.47. The zero-order chi connectivity index (χ0) is 5.82. The summed E-state index contributed by atoms with van der Waals surface area (Å²) in [5.74, 6) is 0. The van der Waals surface area contributed by atoms with E-state index >= 15 is 0 Å². The van der Waals surface area contributed by atoms with Crippen LogP contribution in [0.5, 0.6) is 0 Å². The quantitative estimate of drug-likeness (QED) is 0.564. The molecule has 1 rings (SSSR count). The lowest BCUT2D eigenvalue weighted by Crippen LogP contribution is -1.81. The summed E-state index contributed by atoms with van der Waals surface area (Å²) in [6, 6.07) is 4.48. The van der Waals surface area contributed by atoms with Crippen molar-refractivity contribution in [1.82, 2.24) is 4.98 Å². The van der Waals surface area contributed by atoms with Crippen LogP contribution in [-0.4, -0.2) is 10.1 Å². The molecular weight excluding hydrogens is 102 g/mol. The fourth-order valence-electron chi connectivity index (χ4n) is 0.444.